The molecule has 2 aromatic heterocycles. The van der Waals surface area contributed by atoms with Gasteiger partial charge in [0.05, 0.1) is 29.4 Å². The Morgan fingerprint density at radius 2 is 2.00 bits per heavy atom. The van der Waals surface area contributed by atoms with E-state index < -0.39 is 0 Å². The molecule has 3 fully saturated rings. The Hall–Kier alpha value is -3.70. The molecule has 0 bridgehead atoms. The summed E-state index contributed by atoms with van der Waals surface area (Å²) in [5, 5.41) is 17.6. The quantitative estimate of drug-likeness (QED) is 0.500. The van der Waals surface area contributed by atoms with Crippen molar-refractivity contribution in [2.45, 2.75) is 58.0 Å². The summed E-state index contributed by atoms with van der Waals surface area (Å²) in [6.45, 7) is 6.86. The Labute approximate surface area is 226 Å². The Kier molecular flexibility index (Phi) is 5.99. The topological polar surface area (TPSA) is 104 Å². The van der Waals surface area contributed by atoms with Crippen LogP contribution in [0, 0.1) is 37.0 Å². The van der Waals surface area contributed by atoms with Gasteiger partial charge in [-0.2, -0.15) is 10.4 Å². The van der Waals surface area contributed by atoms with Crippen molar-refractivity contribution in [1.29, 1.82) is 5.26 Å². The molecule has 9 heteroatoms. The molecule has 0 radical (unpaired) electrons. The molecule has 194 valence electrons. The molecule has 3 heterocycles. The van der Waals surface area contributed by atoms with E-state index in [2.05, 4.69) is 28.4 Å². The van der Waals surface area contributed by atoms with E-state index in [1.165, 1.54) is 0 Å². The molecule has 3 atom stereocenters. The Morgan fingerprint density at radius 3 is 2.71 bits per heavy atom. The molecule has 1 N–H and O–H groups in total. The Morgan fingerprint density at radius 1 is 1.21 bits per heavy atom. The van der Waals surface area contributed by atoms with Crippen molar-refractivity contribution >= 4 is 29.2 Å². The van der Waals surface area contributed by atoms with E-state index in [9.17, 15) is 14.9 Å². The molecule has 3 aliphatic rings. The van der Waals surface area contributed by atoms with Crippen LogP contribution in [0.1, 0.15) is 76.3 Å². The number of benzene rings is 1. The number of carbonyl (C=O) groups is 2. The predicted octanol–water partition coefficient (Wildman–Crippen LogP) is 4.69. The highest BCUT2D eigenvalue weighted by molar-refractivity contribution is 6.30. The summed E-state index contributed by atoms with van der Waals surface area (Å²) < 4.78 is 1.78. The molecular weight excluding hydrogens is 500 g/mol. The maximum Gasteiger partial charge on any atom is 0.254 e. The second kappa shape index (κ2) is 9.25. The Balaban J connectivity index is 1.11. The van der Waals surface area contributed by atoms with E-state index in [-0.39, 0.29) is 35.7 Å². The van der Waals surface area contributed by atoms with Gasteiger partial charge in [0, 0.05) is 35.9 Å². The van der Waals surface area contributed by atoms with Gasteiger partial charge in [0.1, 0.15) is 5.82 Å². The number of fused-ring (bicyclic) bond motifs is 1. The molecule has 2 amide bonds. The van der Waals surface area contributed by atoms with E-state index in [1.807, 2.05) is 31.0 Å². The first kappa shape index (κ1) is 24.6. The zero-order chi connectivity index (χ0) is 26.7. The van der Waals surface area contributed by atoms with Crippen LogP contribution < -0.4 is 10.2 Å². The van der Waals surface area contributed by atoms with Crippen LogP contribution in [-0.2, 0) is 4.79 Å². The minimum absolute atomic E-state index is 0.0415. The number of nitrogens with one attached hydrogen (secondary N) is 1. The average Bonchev–Trinajstić information content (AvgIpc) is 3.33. The second-order valence-electron chi connectivity index (χ2n) is 10.9. The number of rotatable bonds is 6. The SMILES string of the molecule is Cc1c([C@H](C)n2cc(C(=O)NC3CC(c4cc(Cl)ccc4C#N)C3)cn2)cnc(N2C[C@H]3C[C@H]3C2=O)c1C. The highest BCUT2D eigenvalue weighted by atomic mass is 35.5. The lowest BCUT2D eigenvalue weighted by Gasteiger charge is -2.36. The number of amides is 2. The van der Waals surface area contributed by atoms with Crippen LogP contribution in [0.25, 0.3) is 0 Å². The monoisotopic (exact) mass is 528 g/mol. The largest absolute Gasteiger partial charge is 0.349 e. The van der Waals surface area contributed by atoms with Gasteiger partial charge in [-0.25, -0.2) is 4.98 Å². The van der Waals surface area contributed by atoms with E-state index in [4.69, 9.17) is 11.6 Å². The third-order valence-electron chi connectivity index (χ3n) is 8.59. The van der Waals surface area contributed by atoms with Gasteiger partial charge in [-0.15, -0.1) is 0 Å². The van der Waals surface area contributed by atoms with Gasteiger partial charge in [0.2, 0.25) is 5.91 Å². The van der Waals surface area contributed by atoms with Crippen molar-refractivity contribution in [2.24, 2.45) is 11.8 Å². The summed E-state index contributed by atoms with van der Waals surface area (Å²) in [6.07, 6.45) is 7.74. The first-order valence-corrected chi connectivity index (χ1v) is 13.4. The molecule has 2 saturated carbocycles. The number of hydrogen-bond acceptors (Lipinski definition) is 5. The lowest BCUT2D eigenvalue weighted by molar-refractivity contribution is -0.118. The van der Waals surface area contributed by atoms with Crippen molar-refractivity contribution in [1.82, 2.24) is 20.1 Å². The lowest BCUT2D eigenvalue weighted by Crippen LogP contribution is -2.43. The normalized spacial score (nSPS) is 24.4. The molecule has 8 nitrogen and oxygen atoms in total. The minimum atomic E-state index is -0.161. The zero-order valence-electron chi connectivity index (χ0n) is 21.6. The van der Waals surface area contributed by atoms with Gasteiger partial charge in [-0.3, -0.25) is 19.2 Å². The van der Waals surface area contributed by atoms with Gasteiger partial charge < -0.3 is 5.32 Å². The number of anilines is 1. The first-order chi connectivity index (χ1) is 18.2. The summed E-state index contributed by atoms with van der Waals surface area (Å²) in [5.74, 6) is 1.69. The summed E-state index contributed by atoms with van der Waals surface area (Å²) in [5.41, 5.74) is 5.18. The van der Waals surface area contributed by atoms with Crippen molar-refractivity contribution in [3.05, 3.63) is 75.2 Å². The van der Waals surface area contributed by atoms with Gasteiger partial charge in [-0.05, 0) is 92.3 Å². The fourth-order valence-electron chi connectivity index (χ4n) is 5.91. The molecule has 3 aromatic rings. The fourth-order valence-corrected chi connectivity index (χ4v) is 6.09. The summed E-state index contributed by atoms with van der Waals surface area (Å²) in [7, 11) is 0. The highest BCUT2D eigenvalue weighted by Gasteiger charge is 2.53. The van der Waals surface area contributed by atoms with Gasteiger partial charge >= 0.3 is 0 Å². The number of pyridine rings is 1. The fraction of sp³-hybridized carbons (Fsp3) is 0.414. The summed E-state index contributed by atoms with van der Waals surface area (Å²) >= 11 is 6.13. The molecule has 1 aliphatic heterocycles. The van der Waals surface area contributed by atoms with Crippen molar-refractivity contribution in [3.63, 3.8) is 0 Å². The van der Waals surface area contributed by atoms with Crippen LogP contribution >= 0.6 is 11.6 Å². The number of piperidine rings is 1. The predicted molar refractivity (Wildman–Crippen MR) is 143 cm³/mol. The molecule has 0 unspecified atom stereocenters. The third-order valence-corrected chi connectivity index (χ3v) is 8.83. The minimum Gasteiger partial charge on any atom is -0.349 e. The van der Waals surface area contributed by atoms with E-state index in [0.29, 0.717) is 22.1 Å². The molecule has 2 aliphatic carbocycles. The van der Waals surface area contributed by atoms with Crippen LogP contribution in [0.4, 0.5) is 5.82 Å². The molecule has 38 heavy (non-hydrogen) atoms. The van der Waals surface area contributed by atoms with Gasteiger partial charge in [0.25, 0.3) is 5.91 Å². The number of carbonyl (C=O) groups excluding carboxylic acids is 2. The standard InChI is InChI=1S/C29H29ClN6O2/c1-15-16(2)27(35-13-20-8-25(20)29(35)38)32-12-26(15)17(3)36-14-21(11-33-36)28(37)34-23-6-19(7-23)24-9-22(30)5-4-18(24)10-31/h4-5,9,11-12,14,17,19-20,23,25H,6-8,13H2,1-3H3,(H,34,37)/t17-,19?,20+,23?,25+/m0/s1. The third kappa shape index (κ3) is 4.15. The summed E-state index contributed by atoms with van der Waals surface area (Å²) in [4.78, 5) is 32.0. The maximum atomic E-state index is 12.9. The maximum absolute atomic E-state index is 12.9. The van der Waals surface area contributed by atoms with Crippen LogP contribution in [0.15, 0.2) is 36.8 Å². The lowest BCUT2D eigenvalue weighted by atomic mass is 9.74. The van der Waals surface area contributed by atoms with Crippen LogP contribution in [0.3, 0.4) is 0 Å². The van der Waals surface area contributed by atoms with Crippen molar-refractivity contribution < 1.29 is 9.59 Å². The number of halogens is 1. The highest BCUT2D eigenvalue weighted by Crippen LogP contribution is 2.47. The van der Waals surface area contributed by atoms with Crippen LogP contribution in [-0.4, -0.2) is 39.2 Å². The second-order valence-corrected chi connectivity index (χ2v) is 11.3. The van der Waals surface area contributed by atoms with Crippen molar-refractivity contribution in [2.75, 3.05) is 11.4 Å². The first-order valence-electron chi connectivity index (χ1n) is 13.1. The molecule has 6 rings (SSSR count). The number of nitrogens with zero attached hydrogens (tertiary/aromatic N) is 5. The smallest absolute Gasteiger partial charge is 0.254 e. The van der Waals surface area contributed by atoms with Crippen LogP contribution in [0.2, 0.25) is 5.02 Å². The molecular formula is C29H29ClN6O2. The summed E-state index contributed by atoms with van der Waals surface area (Å²) in [6, 6.07) is 7.48. The van der Waals surface area contributed by atoms with Crippen LogP contribution in [0.5, 0.6) is 0 Å². The number of aromatic nitrogens is 3. The van der Waals surface area contributed by atoms with E-state index >= 15 is 0 Å². The number of hydrogen-bond donors (Lipinski definition) is 1. The van der Waals surface area contributed by atoms with E-state index in [1.54, 1.807) is 29.2 Å². The van der Waals surface area contributed by atoms with Crippen molar-refractivity contribution in [3.8, 4) is 6.07 Å². The molecule has 1 aromatic carbocycles. The zero-order valence-corrected chi connectivity index (χ0v) is 22.4. The molecule has 1 saturated heterocycles. The number of nitriles is 1. The Bertz CT molecular complexity index is 1500. The van der Waals surface area contributed by atoms with E-state index in [0.717, 1.165) is 53.9 Å². The molecule has 0 spiro atoms. The van der Waals surface area contributed by atoms with Gasteiger partial charge in [0.15, 0.2) is 0 Å². The van der Waals surface area contributed by atoms with Gasteiger partial charge in [-0.1, -0.05) is 11.6 Å². The average molecular weight is 529 g/mol.